The Bertz CT molecular complexity index is 1050. The zero-order chi connectivity index (χ0) is 24.6. The third-order valence-corrected chi connectivity index (χ3v) is 6.49. The molecular weight excluding hydrogens is 447 g/mol. The first kappa shape index (κ1) is 24.9. The molecular formula is C28H33FN2O4. The van der Waals surface area contributed by atoms with Crippen molar-refractivity contribution in [2.75, 3.05) is 19.8 Å². The van der Waals surface area contributed by atoms with E-state index in [1.165, 1.54) is 12.1 Å². The van der Waals surface area contributed by atoms with Gasteiger partial charge in [-0.2, -0.15) is 0 Å². The zero-order valence-electron chi connectivity index (χ0n) is 20.2. The molecule has 2 aromatic carbocycles. The number of carbonyl (C=O) groups is 2. The van der Waals surface area contributed by atoms with Gasteiger partial charge < -0.3 is 19.7 Å². The number of fused-ring (bicyclic) bond motifs is 1. The number of ether oxygens (including phenoxy) is 2. The van der Waals surface area contributed by atoms with E-state index in [0.717, 1.165) is 43.2 Å². The second-order valence-corrected chi connectivity index (χ2v) is 9.01. The minimum Gasteiger partial charge on any atom is -0.482 e. The Morgan fingerprint density at radius 3 is 2.77 bits per heavy atom. The fourth-order valence-electron chi connectivity index (χ4n) is 4.70. The van der Waals surface area contributed by atoms with Crippen molar-refractivity contribution in [3.05, 3.63) is 76.8 Å². The van der Waals surface area contributed by atoms with Gasteiger partial charge in [-0.25, -0.2) is 4.39 Å². The molecule has 2 aromatic rings. The molecule has 0 aromatic heterocycles. The van der Waals surface area contributed by atoms with Gasteiger partial charge in [0.1, 0.15) is 11.9 Å². The molecule has 4 rings (SSSR count). The highest BCUT2D eigenvalue weighted by molar-refractivity contribution is 5.97. The first-order chi connectivity index (χ1) is 17.0. The lowest BCUT2D eigenvalue weighted by Gasteiger charge is -2.44. The van der Waals surface area contributed by atoms with Gasteiger partial charge in [0, 0.05) is 31.9 Å². The second-order valence-electron chi connectivity index (χ2n) is 9.01. The summed E-state index contributed by atoms with van der Waals surface area (Å²) in [5, 5.41) is 2.88. The third-order valence-electron chi connectivity index (χ3n) is 6.49. The fraction of sp³-hybridized carbons (Fsp3) is 0.429. The monoisotopic (exact) mass is 480 g/mol. The van der Waals surface area contributed by atoms with Crippen LogP contribution in [0, 0.1) is 5.82 Å². The third kappa shape index (κ3) is 6.48. The number of hydrogen-bond acceptors (Lipinski definition) is 4. The lowest BCUT2D eigenvalue weighted by molar-refractivity contribution is -0.149. The molecule has 2 fully saturated rings. The summed E-state index contributed by atoms with van der Waals surface area (Å²) < 4.78 is 25.2. The van der Waals surface area contributed by atoms with Crippen LogP contribution in [-0.4, -0.2) is 48.6 Å². The summed E-state index contributed by atoms with van der Waals surface area (Å²) in [6.07, 6.45) is 6.30. The molecule has 2 unspecified atom stereocenters. The van der Waals surface area contributed by atoms with Gasteiger partial charge in [0.05, 0.1) is 6.04 Å². The highest BCUT2D eigenvalue weighted by Gasteiger charge is 2.41. The molecule has 1 saturated carbocycles. The molecule has 1 heterocycles. The summed E-state index contributed by atoms with van der Waals surface area (Å²) >= 11 is 0. The van der Waals surface area contributed by atoms with Crippen molar-refractivity contribution < 1.29 is 23.5 Å². The number of amides is 2. The summed E-state index contributed by atoms with van der Waals surface area (Å²) in [7, 11) is 0. The van der Waals surface area contributed by atoms with Crippen LogP contribution in [0.4, 0.5) is 4.39 Å². The number of carbonyl (C=O) groups excluding carboxylic acids is 2. The topological polar surface area (TPSA) is 67.9 Å². The molecule has 2 atom stereocenters. The highest BCUT2D eigenvalue weighted by Crippen LogP contribution is 2.34. The van der Waals surface area contributed by atoms with E-state index in [9.17, 15) is 14.0 Å². The van der Waals surface area contributed by atoms with E-state index in [4.69, 9.17) is 9.47 Å². The molecule has 6 nitrogen and oxygen atoms in total. The molecule has 7 heteroatoms. The molecule has 1 N–H and O–H groups in total. The van der Waals surface area contributed by atoms with Gasteiger partial charge in [-0.1, -0.05) is 30.7 Å². The van der Waals surface area contributed by atoms with Gasteiger partial charge >= 0.3 is 0 Å². The number of rotatable bonds is 9. The Hall–Kier alpha value is -3.19. The quantitative estimate of drug-likeness (QED) is 0.418. The van der Waals surface area contributed by atoms with Gasteiger partial charge in [0.15, 0.2) is 5.76 Å². The molecule has 186 valence electrons. The highest BCUT2D eigenvalue weighted by atomic mass is 19.1. The molecule has 0 radical (unpaired) electrons. The molecule has 1 saturated heterocycles. The van der Waals surface area contributed by atoms with Crippen molar-refractivity contribution >= 4 is 17.9 Å². The maximum absolute atomic E-state index is 13.7. The number of nitrogens with zero attached hydrogens (tertiary/aromatic N) is 1. The zero-order valence-corrected chi connectivity index (χ0v) is 20.2. The molecule has 0 bridgehead atoms. The van der Waals surface area contributed by atoms with E-state index in [0.29, 0.717) is 31.9 Å². The van der Waals surface area contributed by atoms with Crippen molar-refractivity contribution in [3.63, 3.8) is 0 Å². The summed E-state index contributed by atoms with van der Waals surface area (Å²) in [5.41, 5.74) is 2.10. The van der Waals surface area contributed by atoms with E-state index in [1.54, 1.807) is 24.3 Å². The number of benzene rings is 2. The van der Waals surface area contributed by atoms with Gasteiger partial charge in [-0.3, -0.25) is 9.59 Å². The van der Waals surface area contributed by atoms with Crippen molar-refractivity contribution in [2.45, 2.75) is 57.7 Å². The van der Waals surface area contributed by atoms with E-state index in [-0.39, 0.29) is 35.5 Å². The van der Waals surface area contributed by atoms with Crippen LogP contribution in [0.3, 0.4) is 0 Å². The predicted octanol–water partition coefficient (Wildman–Crippen LogP) is 4.69. The average molecular weight is 481 g/mol. The Morgan fingerprint density at radius 2 is 2.00 bits per heavy atom. The Balaban J connectivity index is 1.46. The first-order valence-electron chi connectivity index (χ1n) is 12.4. The van der Waals surface area contributed by atoms with Gasteiger partial charge in [-0.15, -0.1) is 0 Å². The first-order valence-corrected chi connectivity index (χ1v) is 12.4. The number of halogens is 1. The van der Waals surface area contributed by atoms with Crippen LogP contribution in [0.2, 0.25) is 0 Å². The summed E-state index contributed by atoms with van der Waals surface area (Å²) in [6, 6.07) is 13.5. The SMILES string of the molecule is CCOCCCNC(=O)c1ccc(/C=C2\OC3CCCCC3N(Cc3cccc(F)c3)C2=O)cc1. The van der Waals surface area contributed by atoms with E-state index < -0.39 is 0 Å². The normalized spacial score (nSPS) is 20.9. The summed E-state index contributed by atoms with van der Waals surface area (Å²) in [6.45, 7) is 4.13. The van der Waals surface area contributed by atoms with Crippen LogP contribution in [0.25, 0.3) is 6.08 Å². The van der Waals surface area contributed by atoms with Crippen molar-refractivity contribution in [3.8, 4) is 0 Å². The number of nitrogens with one attached hydrogen (secondary N) is 1. The Morgan fingerprint density at radius 1 is 1.20 bits per heavy atom. The molecule has 2 amide bonds. The summed E-state index contributed by atoms with van der Waals surface area (Å²) in [5.74, 6) is -0.346. The maximum Gasteiger partial charge on any atom is 0.289 e. The molecule has 0 spiro atoms. The fourth-order valence-corrected chi connectivity index (χ4v) is 4.70. The lowest BCUT2D eigenvalue weighted by Crippen LogP contribution is -2.54. The predicted molar refractivity (Wildman–Crippen MR) is 132 cm³/mol. The van der Waals surface area contributed by atoms with Gasteiger partial charge in [-0.05, 0) is 74.1 Å². The van der Waals surface area contributed by atoms with Gasteiger partial charge in [0.25, 0.3) is 11.8 Å². The van der Waals surface area contributed by atoms with E-state index in [1.807, 2.05) is 30.0 Å². The van der Waals surface area contributed by atoms with E-state index >= 15 is 0 Å². The lowest BCUT2D eigenvalue weighted by atomic mass is 9.89. The Labute approximate surface area is 206 Å². The average Bonchev–Trinajstić information content (AvgIpc) is 2.87. The molecule has 1 aliphatic carbocycles. The molecule has 35 heavy (non-hydrogen) atoms. The second kappa shape index (κ2) is 12.0. The largest absolute Gasteiger partial charge is 0.482 e. The van der Waals surface area contributed by atoms with Crippen LogP contribution >= 0.6 is 0 Å². The standard InChI is InChI=1S/C28H33FN2O4/c1-2-34-16-6-15-30-27(32)22-13-11-20(12-14-22)18-26-28(33)31(19-21-7-5-8-23(29)17-21)24-9-3-4-10-25(24)35-26/h5,7-8,11-14,17-18,24-25H,2-4,6,9-10,15-16,19H2,1H3,(H,30,32)/b26-18-. The minimum atomic E-state index is -0.308. The van der Waals surface area contributed by atoms with Crippen LogP contribution in [0.15, 0.2) is 54.3 Å². The molecule has 2 aliphatic rings. The Kier molecular flexibility index (Phi) is 8.53. The van der Waals surface area contributed by atoms with Gasteiger partial charge in [0.2, 0.25) is 0 Å². The van der Waals surface area contributed by atoms with Crippen LogP contribution < -0.4 is 5.32 Å². The maximum atomic E-state index is 13.7. The number of morpholine rings is 1. The molecule has 1 aliphatic heterocycles. The number of hydrogen-bond donors (Lipinski definition) is 1. The van der Waals surface area contributed by atoms with Crippen molar-refractivity contribution in [1.29, 1.82) is 0 Å². The smallest absolute Gasteiger partial charge is 0.289 e. The summed E-state index contributed by atoms with van der Waals surface area (Å²) in [4.78, 5) is 27.6. The van der Waals surface area contributed by atoms with Crippen molar-refractivity contribution in [1.82, 2.24) is 10.2 Å². The van der Waals surface area contributed by atoms with E-state index in [2.05, 4.69) is 5.32 Å². The van der Waals surface area contributed by atoms with Crippen LogP contribution in [-0.2, 0) is 20.8 Å². The van der Waals surface area contributed by atoms with Crippen LogP contribution in [0.1, 0.15) is 60.5 Å². The minimum absolute atomic E-state index is 0.00883. The van der Waals surface area contributed by atoms with Crippen molar-refractivity contribution in [2.24, 2.45) is 0 Å². The van der Waals surface area contributed by atoms with Crippen LogP contribution in [0.5, 0.6) is 0 Å².